The van der Waals surface area contributed by atoms with E-state index in [1.165, 1.54) is 12.1 Å². The van der Waals surface area contributed by atoms with Crippen LogP contribution in [0.1, 0.15) is 45.2 Å². The van der Waals surface area contributed by atoms with Crippen molar-refractivity contribution in [1.29, 1.82) is 0 Å². The highest BCUT2D eigenvalue weighted by Crippen LogP contribution is 2.24. The average Bonchev–Trinajstić information content (AvgIpc) is 2.59. The molecule has 0 N–H and O–H groups in total. The zero-order valence-electron chi connectivity index (χ0n) is 17.2. The summed E-state index contributed by atoms with van der Waals surface area (Å²) in [5, 5.41) is 0.791. The monoisotopic (exact) mass is 438 g/mol. The number of ketones is 1. The molecule has 2 aromatic rings. The van der Waals surface area contributed by atoms with Gasteiger partial charge in [0, 0.05) is 10.6 Å². The Morgan fingerprint density at radius 2 is 1.72 bits per heavy atom. The molecule has 0 aliphatic heterocycles. The van der Waals surface area contributed by atoms with Crippen LogP contribution in [0.15, 0.2) is 48.5 Å². The Kier molecular flexibility index (Phi) is 9.54. The molecular weight excluding hydrogens is 414 g/mol. The van der Waals surface area contributed by atoms with E-state index in [1.807, 2.05) is 6.92 Å². The molecule has 0 aliphatic carbocycles. The van der Waals surface area contributed by atoms with Crippen molar-refractivity contribution in [3.05, 3.63) is 75.5 Å². The molecule has 0 bridgehead atoms. The minimum Gasteiger partial charge on any atom is -0.460 e. The molecule has 156 valence electrons. The van der Waals surface area contributed by atoms with Crippen LogP contribution >= 0.6 is 23.2 Å². The number of hydrogen-bond donors (Lipinski definition) is 0. The van der Waals surface area contributed by atoms with Crippen molar-refractivity contribution in [2.45, 2.75) is 46.6 Å². The smallest absolute Gasteiger partial charge is 0.314 e. The largest absolute Gasteiger partial charge is 0.460 e. The molecule has 0 spiro atoms. The highest BCUT2D eigenvalue weighted by molar-refractivity contribution is 6.31. The van der Waals surface area contributed by atoms with Gasteiger partial charge < -0.3 is 4.74 Å². The molecule has 3 nitrogen and oxygen atoms in total. The van der Waals surface area contributed by atoms with E-state index in [0.717, 1.165) is 11.1 Å². The number of benzene rings is 2. The van der Waals surface area contributed by atoms with Crippen LogP contribution in [-0.4, -0.2) is 17.4 Å². The Hall–Kier alpha value is -2.17. The number of carbonyl (C=O) groups excluding carboxylic acids is 2. The number of aryl methyl sites for hydroxylation is 1. The Bertz CT molecular complexity index is 878. The Morgan fingerprint density at radius 3 is 2.17 bits per heavy atom. The van der Waals surface area contributed by atoms with Crippen LogP contribution < -0.4 is 0 Å². The first-order chi connectivity index (χ1) is 13.4. The summed E-state index contributed by atoms with van der Waals surface area (Å²) in [5.74, 6) is -1.13. The minimum atomic E-state index is -0.594. The summed E-state index contributed by atoms with van der Waals surface area (Å²) in [6.07, 6.45) is 1.45. The lowest BCUT2D eigenvalue weighted by Crippen LogP contribution is -2.25. The molecule has 0 aliphatic rings. The summed E-state index contributed by atoms with van der Waals surface area (Å²) < 4.78 is 17.4. The van der Waals surface area contributed by atoms with Crippen molar-refractivity contribution >= 4 is 40.5 Å². The maximum atomic E-state index is 12.3. The van der Waals surface area contributed by atoms with Gasteiger partial charge in [0.2, 0.25) is 0 Å². The van der Waals surface area contributed by atoms with Gasteiger partial charge in [-0.05, 0) is 70.0 Å². The van der Waals surface area contributed by atoms with E-state index in [4.69, 9.17) is 27.9 Å². The number of carbonyl (C=O) groups is 2. The molecule has 0 aromatic heterocycles. The van der Waals surface area contributed by atoms with Crippen molar-refractivity contribution in [3.8, 4) is 0 Å². The summed E-state index contributed by atoms with van der Waals surface area (Å²) in [6.45, 7) is 8.97. The fraction of sp³-hybridized carbons (Fsp3) is 0.304. The molecular formula is C23H25Cl2FO3. The summed E-state index contributed by atoms with van der Waals surface area (Å²) in [6, 6.07) is 11.4. The van der Waals surface area contributed by atoms with Crippen molar-refractivity contribution in [3.63, 3.8) is 0 Å². The molecule has 29 heavy (non-hydrogen) atoms. The molecule has 0 radical (unpaired) electrons. The van der Waals surface area contributed by atoms with Gasteiger partial charge in [-0.2, -0.15) is 0 Å². The standard InChI is InChI=1S/C17H21ClO3.C6H4ClF/c1-6-13(14-8-7-12(18)9-11(14)2)15(19)10-16(20)21-17(3,4)5;7-5-3-1-2-4-6(5)8/h6-9H,10H2,1-5H3;1-4H/b13-6+;. The summed E-state index contributed by atoms with van der Waals surface area (Å²) in [7, 11) is 0. The van der Waals surface area contributed by atoms with Crippen molar-refractivity contribution in [1.82, 2.24) is 0 Å². The first-order valence-corrected chi connectivity index (χ1v) is 9.78. The number of Topliss-reactive ketones (excluding diaryl/α,β-unsaturated/α-hetero) is 1. The second kappa shape index (κ2) is 11.1. The van der Waals surface area contributed by atoms with Gasteiger partial charge in [-0.15, -0.1) is 0 Å². The number of allylic oxidation sites excluding steroid dienone is 2. The number of hydrogen-bond acceptors (Lipinski definition) is 3. The van der Waals surface area contributed by atoms with Gasteiger partial charge in [0.05, 0.1) is 5.02 Å². The number of esters is 1. The van der Waals surface area contributed by atoms with Gasteiger partial charge in [-0.25, -0.2) is 4.39 Å². The molecule has 0 amide bonds. The van der Waals surface area contributed by atoms with Gasteiger partial charge in [-0.3, -0.25) is 9.59 Å². The Labute approximate surface area is 181 Å². The predicted octanol–water partition coefficient (Wildman–Crippen LogP) is 6.83. The third kappa shape index (κ3) is 8.80. The minimum absolute atomic E-state index is 0.174. The lowest BCUT2D eigenvalue weighted by molar-refractivity contribution is -0.155. The molecule has 0 heterocycles. The van der Waals surface area contributed by atoms with Gasteiger partial charge in [0.15, 0.2) is 5.78 Å². The van der Waals surface area contributed by atoms with Crippen molar-refractivity contribution in [2.24, 2.45) is 0 Å². The van der Waals surface area contributed by atoms with Crippen LogP contribution in [-0.2, 0) is 14.3 Å². The van der Waals surface area contributed by atoms with E-state index in [-0.39, 0.29) is 23.0 Å². The fourth-order valence-electron chi connectivity index (χ4n) is 2.44. The van der Waals surface area contributed by atoms with Crippen LogP contribution in [0.5, 0.6) is 0 Å². The molecule has 0 atom stereocenters. The maximum absolute atomic E-state index is 12.3. The summed E-state index contributed by atoms with van der Waals surface area (Å²) in [5.41, 5.74) is 1.60. The topological polar surface area (TPSA) is 43.4 Å². The van der Waals surface area contributed by atoms with Crippen molar-refractivity contribution < 1.29 is 18.7 Å². The van der Waals surface area contributed by atoms with Crippen molar-refractivity contribution in [2.75, 3.05) is 0 Å². The lowest BCUT2D eigenvalue weighted by Gasteiger charge is -2.19. The van der Waals surface area contributed by atoms with E-state index in [9.17, 15) is 14.0 Å². The third-order valence-corrected chi connectivity index (χ3v) is 4.16. The summed E-state index contributed by atoms with van der Waals surface area (Å²) >= 11 is 11.3. The fourth-order valence-corrected chi connectivity index (χ4v) is 2.80. The molecule has 0 saturated heterocycles. The molecule has 0 saturated carbocycles. The van der Waals surface area contributed by atoms with Gasteiger partial charge in [0.1, 0.15) is 17.8 Å². The molecule has 2 aromatic carbocycles. The average molecular weight is 439 g/mol. The van der Waals surface area contributed by atoms with Gasteiger partial charge >= 0.3 is 5.97 Å². The van der Waals surface area contributed by atoms with E-state index >= 15 is 0 Å². The summed E-state index contributed by atoms with van der Waals surface area (Å²) in [4.78, 5) is 24.1. The van der Waals surface area contributed by atoms with E-state index in [0.29, 0.717) is 10.6 Å². The van der Waals surface area contributed by atoms with Crippen LogP contribution in [0.3, 0.4) is 0 Å². The highest BCUT2D eigenvalue weighted by Gasteiger charge is 2.22. The number of ether oxygens (including phenoxy) is 1. The Morgan fingerprint density at radius 1 is 1.10 bits per heavy atom. The third-order valence-electron chi connectivity index (χ3n) is 3.62. The predicted molar refractivity (Wildman–Crippen MR) is 117 cm³/mol. The first-order valence-electron chi connectivity index (χ1n) is 9.02. The molecule has 6 heteroatoms. The quantitative estimate of drug-likeness (QED) is 0.298. The van der Waals surface area contributed by atoms with Crippen LogP contribution in [0.25, 0.3) is 5.57 Å². The number of rotatable bonds is 4. The van der Waals surface area contributed by atoms with Crippen LogP contribution in [0.2, 0.25) is 10.0 Å². The van der Waals surface area contributed by atoms with E-state index < -0.39 is 11.6 Å². The van der Waals surface area contributed by atoms with Gasteiger partial charge in [0.25, 0.3) is 0 Å². The van der Waals surface area contributed by atoms with E-state index in [2.05, 4.69) is 0 Å². The highest BCUT2D eigenvalue weighted by atomic mass is 35.5. The zero-order chi connectivity index (χ0) is 22.2. The maximum Gasteiger partial charge on any atom is 0.314 e. The number of halogens is 3. The zero-order valence-corrected chi connectivity index (χ0v) is 18.7. The second-order valence-corrected chi connectivity index (χ2v) is 8.11. The molecule has 0 unspecified atom stereocenters. The SMILES string of the molecule is C/C=C(/C(=O)CC(=O)OC(C)(C)C)c1ccc(Cl)cc1C.Fc1ccccc1Cl. The van der Waals surface area contributed by atoms with Crippen LogP contribution in [0.4, 0.5) is 4.39 Å². The normalized spacial score (nSPS) is 11.4. The molecule has 0 fully saturated rings. The first kappa shape index (κ1) is 24.9. The van der Waals surface area contributed by atoms with Gasteiger partial charge in [-0.1, -0.05) is 47.5 Å². The lowest BCUT2D eigenvalue weighted by atomic mass is 9.95. The van der Waals surface area contributed by atoms with Crippen LogP contribution in [0, 0.1) is 12.7 Å². The molecule has 2 rings (SSSR count). The van der Waals surface area contributed by atoms with E-state index in [1.54, 1.807) is 64.1 Å². The second-order valence-electron chi connectivity index (χ2n) is 7.26. The Balaban J connectivity index is 0.000000436.